The van der Waals surface area contributed by atoms with Crippen molar-refractivity contribution in [3.63, 3.8) is 0 Å². The van der Waals surface area contributed by atoms with Crippen LogP contribution >= 0.6 is 0 Å². The number of hydrogen-bond donors (Lipinski definition) is 0. The molecule has 9 heavy (non-hydrogen) atoms. The number of nitrogens with zero attached hydrogens (tertiary/aromatic N) is 3. The molecule has 1 aliphatic rings. The Balaban J connectivity index is 2.65. The van der Waals surface area contributed by atoms with Crippen LogP contribution in [0.2, 0.25) is 0 Å². The maximum Gasteiger partial charge on any atom is 0.335 e. The Hall–Kier alpha value is -0.770. The first-order chi connectivity index (χ1) is 4.13. The molecule has 0 aromatic rings. The van der Waals surface area contributed by atoms with Gasteiger partial charge >= 0.3 is 6.03 Å². The number of hydrazine groups is 1. The van der Waals surface area contributed by atoms with Gasteiger partial charge < -0.3 is 4.90 Å². The van der Waals surface area contributed by atoms with E-state index in [-0.39, 0.29) is 6.03 Å². The van der Waals surface area contributed by atoms with E-state index in [1.165, 1.54) is 0 Å². The Morgan fingerprint density at radius 2 is 1.89 bits per heavy atom. The lowest BCUT2D eigenvalue weighted by Crippen LogP contribution is -2.31. The summed E-state index contributed by atoms with van der Waals surface area (Å²) in [6.45, 7) is 0.690. The van der Waals surface area contributed by atoms with Gasteiger partial charge in [0.15, 0.2) is 0 Å². The van der Waals surface area contributed by atoms with Crippen molar-refractivity contribution in [2.24, 2.45) is 0 Å². The van der Waals surface area contributed by atoms with E-state index in [1.807, 2.05) is 12.1 Å². The van der Waals surface area contributed by atoms with Crippen LogP contribution in [0.25, 0.3) is 0 Å². The highest BCUT2D eigenvalue weighted by Gasteiger charge is 2.26. The lowest BCUT2D eigenvalue weighted by Gasteiger charge is -2.14. The van der Waals surface area contributed by atoms with Gasteiger partial charge in [-0.25, -0.2) is 9.80 Å². The fourth-order valence-corrected chi connectivity index (χ4v) is 0.855. The molecule has 0 aromatic carbocycles. The predicted octanol–water partition coefficient (Wildman–Crippen LogP) is -0.212. The van der Waals surface area contributed by atoms with E-state index in [0.29, 0.717) is 6.67 Å². The summed E-state index contributed by atoms with van der Waals surface area (Å²) >= 11 is 0. The molecule has 1 aliphatic heterocycles. The second kappa shape index (κ2) is 1.88. The monoisotopic (exact) mass is 129 g/mol. The first kappa shape index (κ1) is 6.35. The van der Waals surface area contributed by atoms with E-state index in [0.717, 1.165) is 0 Å². The SMILES string of the molecule is CN1CN(C)N(C)C1=O. The molecule has 0 radical (unpaired) electrons. The smallest absolute Gasteiger partial charge is 0.312 e. The first-order valence-electron chi connectivity index (χ1n) is 2.83. The molecular formula is C5H11N3O. The summed E-state index contributed by atoms with van der Waals surface area (Å²) in [6, 6.07) is 0.0532. The Morgan fingerprint density at radius 3 is 2.00 bits per heavy atom. The van der Waals surface area contributed by atoms with Crippen LogP contribution in [-0.2, 0) is 0 Å². The van der Waals surface area contributed by atoms with Crippen LogP contribution < -0.4 is 0 Å². The quantitative estimate of drug-likeness (QED) is 0.452. The molecule has 4 heteroatoms. The van der Waals surface area contributed by atoms with E-state index in [2.05, 4.69) is 0 Å². The fraction of sp³-hybridized carbons (Fsp3) is 0.800. The summed E-state index contributed by atoms with van der Waals surface area (Å²) in [5.74, 6) is 0. The molecule has 4 nitrogen and oxygen atoms in total. The summed E-state index contributed by atoms with van der Waals surface area (Å²) in [5, 5.41) is 3.43. The molecule has 1 heterocycles. The number of urea groups is 1. The predicted molar refractivity (Wildman–Crippen MR) is 33.6 cm³/mol. The lowest BCUT2D eigenvalue weighted by atomic mass is 10.8. The molecule has 1 saturated heterocycles. The maximum absolute atomic E-state index is 10.9. The molecule has 0 spiro atoms. The van der Waals surface area contributed by atoms with Gasteiger partial charge in [0.25, 0.3) is 0 Å². The van der Waals surface area contributed by atoms with Crippen molar-refractivity contribution >= 4 is 6.03 Å². The molecule has 52 valence electrons. The first-order valence-corrected chi connectivity index (χ1v) is 2.83. The van der Waals surface area contributed by atoms with E-state index < -0.39 is 0 Å². The van der Waals surface area contributed by atoms with E-state index >= 15 is 0 Å². The van der Waals surface area contributed by atoms with Crippen molar-refractivity contribution in [3.05, 3.63) is 0 Å². The molecule has 0 bridgehead atoms. The fourth-order valence-electron chi connectivity index (χ4n) is 0.855. The highest BCUT2D eigenvalue weighted by atomic mass is 16.2. The van der Waals surface area contributed by atoms with Gasteiger partial charge in [0, 0.05) is 21.1 Å². The Kier molecular flexibility index (Phi) is 1.32. The third kappa shape index (κ3) is 0.853. The lowest BCUT2D eigenvalue weighted by molar-refractivity contribution is 0.108. The van der Waals surface area contributed by atoms with E-state index in [9.17, 15) is 4.79 Å². The minimum absolute atomic E-state index is 0.0532. The van der Waals surface area contributed by atoms with Gasteiger partial charge in [-0.05, 0) is 0 Å². The summed E-state index contributed by atoms with van der Waals surface area (Å²) in [6.07, 6.45) is 0. The van der Waals surface area contributed by atoms with Crippen molar-refractivity contribution in [2.45, 2.75) is 0 Å². The van der Waals surface area contributed by atoms with Crippen LogP contribution in [0.5, 0.6) is 0 Å². The van der Waals surface area contributed by atoms with Crippen LogP contribution in [0.3, 0.4) is 0 Å². The normalized spacial score (nSPS) is 21.9. The van der Waals surface area contributed by atoms with Gasteiger partial charge in [-0.15, -0.1) is 0 Å². The zero-order chi connectivity index (χ0) is 7.02. The van der Waals surface area contributed by atoms with Crippen LogP contribution in [0, 0.1) is 0 Å². The van der Waals surface area contributed by atoms with Gasteiger partial charge in [0.1, 0.15) is 0 Å². The summed E-state index contributed by atoms with van der Waals surface area (Å²) in [4.78, 5) is 12.6. The van der Waals surface area contributed by atoms with Crippen LogP contribution in [-0.4, -0.2) is 48.8 Å². The third-order valence-electron chi connectivity index (χ3n) is 1.53. The molecule has 0 unspecified atom stereocenters. The molecule has 0 aliphatic carbocycles. The zero-order valence-electron chi connectivity index (χ0n) is 5.96. The van der Waals surface area contributed by atoms with Crippen molar-refractivity contribution in [3.8, 4) is 0 Å². The van der Waals surface area contributed by atoms with Crippen LogP contribution in [0.1, 0.15) is 0 Å². The highest BCUT2D eigenvalue weighted by molar-refractivity contribution is 5.74. The zero-order valence-corrected chi connectivity index (χ0v) is 5.96. The summed E-state index contributed by atoms with van der Waals surface area (Å²) < 4.78 is 0. The van der Waals surface area contributed by atoms with Crippen molar-refractivity contribution < 1.29 is 4.79 Å². The van der Waals surface area contributed by atoms with Crippen molar-refractivity contribution in [2.75, 3.05) is 27.8 Å². The van der Waals surface area contributed by atoms with Crippen LogP contribution in [0.15, 0.2) is 0 Å². The molecule has 1 rings (SSSR count). The van der Waals surface area contributed by atoms with Crippen molar-refractivity contribution in [1.82, 2.24) is 14.9 Å². The van der Waals surface area contributed by atoms with Gasteiger partial charge in [0.2, 0.25) is 0 Å². The largest absolute Gasteiger partial charge is 0.335 e. The van der Waals surface area contributed by atoms with Crippen LogP contribution in [0.4, 0.5) is 4.79 Å². The topological polar surface area (TPSA) is 26.8 Å². The highest BCUT2D eigenvalue weighted by Crippen LogP contribution is 2.05. The average molecular weight is 129 g/mol. The molecule has 0 saturated carbocycles. The number of carbonyl (C=O) groups is 1. The maximum atomic E-state index is 10.9. The average Bonchev–Trinajstić information content (AvgIpc) is 1.98. The minimum Gasteiger partial charge on any atom is -0.312 e. The Morgan fingerprint density at radius 1 is 1.33 bits per heavy atom. The number of rotatable bonds is 0. The van der Waals surface area contributed by atoms with Gasteiger partial charge in [0.05, 0.1) is 6.67 Å². The van der Waals surface area contributed by atoms with E-state index in [4.69, 9.17) is 0 Å². The number of hydrogen-bond acceptors (Lipinski definition) is 2. The van der Waals surface area contributed by atoms with Gasteiger partial charge in [-0.1, -0.05) is 0 Å². The minimum atomic E-state index is 0.0532. The van der Waals surface area contributed by atoms with Gasteiger partial charge in [-0.3, -0.25) is 5.01 Å². The molecule has 0 N–H and O–H groups in total. The second-order valence-electron chi connectivity index (χ2n) is 2.30. The molecule has 2 amide bonds. The summed E-state index contributed by atoms with van der Waals surface area (Å²) in [5.41, 5.74) is 0. The Bertz CT molecular complexity index is 136. The van der Waals surface area contributed by atoms with Crippen molar-refractivity contribution in [1.29, 1.82) is 0 Å². The molecular weight excluding hydrogens is 118 g/mol. The summed E-state index contributed by atoms with van der Waals surface area (Å²) in [7, 11) is 5.41. The Labute approximate surface area is 54.6 Å². The second-order valence-corrected chi connectivity index (χ2v) is 2.30. The molecule has 0 aromatic heterocycles. The number of amides is 2. The van der Waals surface area contributed by atoms with E-state index in [1.54, 1.807) is 24.0 Å². The number of carbonyl (C=O) groups excluding carboxylic acids is 1. The molecule has 1 fully saturated rings. The standard InChI is InChI=1S/C5H11N3O/c1-6-4-7(2)8(3)5(6)9/h4H2,1-3H3. The third-order valence-corrected chi connectivity index (χ3v) is 1.53. The molecule has 0 atom stereocenters. The van der Waals surface area contributed by atoms with Gasteiger partial charge in [-0.2, -0.15) is 0 Å².